The third kappa shape index (κ3) is 2.22. The van der Waals surface area contributed by atoms with Crippen LogP contribution in [0.25, 0.3) is 0 Å². The van der Waals surface area contributed by atoms with Crippen LogP contribution in [0, 0.1) is 0 Å². The summed E-state index contributed by atoms with van der Waals surface area (Å²) in [6.07, 6.45) is 11.1. The molecule has 2 heterocycles. The molecule has 0 radical (unpaired) electrons. The third-order valence-electron chi connectivity index (χ3n) is 4.56. The monoisotopic (exact) mass is 280 g/mol. The van der Waals surface area contributed by atoms with Crippen molar-refractivity contribution in [2.75, 3.05) is 0 Å². The van der Waals surface area contributed by atoms with Gasteiger partial charge in [0.15, 0.2) is 5.79 Å². The number of hydrogen-bond acceptors (Lipinski definition) is 2. The van der Waals surface area contributed by atoms with Gasteiger partial charge in [0.2, 0.25) is 0 Å². The molecule has 2 fully saturated rings. The van der Waals surface area contributed by atoms with E-state index in [1.165, 1.54) is 12.8 Å². The first-order valence-electron chi connectivity index (χ1n) is 7.57. The fourth-order valence-corrected chi connectivity index (χ4v) is 7.69. The molecule has 3 rings (SSSR count). The first-order valence-corrected chi connectivity index (χ1v) is 9.05. The molecule has 0 N–H and O–H groups in total. The lowest BCUT2D eigenvalue weighted by atomic mass is 10.1. The molecule has 2 nitrogen and oxygen atoms in total. The fourth-order valence-electron chi connectivity index (χ4n) is 3.89. The van der Waals surface area contributed by atoms with Crippen molar-refractivity contribution in [3.8, 4) is 0 Å². The lowest BCUT2D eigenvalue weighted by Crippen LogP contribution is -2.29. The molecule has 4 atom stereocenters. The fraction of sp³-hybridized carbons (Fsp3) is 0.750. The molecule has 19 heavy (non-hydrogen) atoms. The zero-order valence-corrected chi connectivity index (χ0v) is 13.3. The van der Waals surface area contributed by atoms with E-state index in [4.69, 9.17) is 9.47 Å². The molecular formula is C16H25O2P. The molecule has 0 aromatic carbocycles. The molecule has 2 aliphatic heterocycles. The third-order valence-corrected chi connectivity index (χ3v) is 8.30. The number of allylic oxidation sites excluding steroid dienone is 4. The Bertz CT molecular complexity index is 391. The predicted octanol–water partition coefficient (Wildman–Crippen LogP) is 4.40. The van der Waals surface area contributed by atoms with E-state index in [1.54, 1.807) is 5.31 Å². The summed E-state index contributed by atoms with van der Waals surface area (Å²) in [6, 6.07) is 0. The van der Waals surface area contributed by atoms with Crippen LogP contribution in [0.4, 0.5) is 0 Å². The zero-order chi connectivity index (χ0) is 13.6. The van der Waals surface area contributed by atoms with Crippen LogP contribution in [0.3, 0.4) is 0 Å². The number of rotatable bonds is 3. The topological polar surface area (TPSA) is 18.5 Å². The molecule has 0 aromatic heterocycles. The van der Waals surface area contributed by atoms with Crippen molar-refractivity contribution in [3.63, 3.8) is 0 Å². The molecule has 0 saturated carbocycles. The Morgan fingerprint density at radius 2 is 1.74 bits per heavy atom. The van der Waals surface area contributed by atoms with Crippen LogP contribution in [-0.2, 0) is 9.47 Å². The van der Waals surface area contributed by atoms with Gasteiger partial charge in [-0.1, -0.05) is 40.0 Å². The largest absolute Gasteiger partial charge is 0.344 e. The van der Waals surface area contributed by atoms with Gasteiger partial charge in [-0.15, -0.1) is 0 Å². The number of hydrogen-bond donors (Lipinski definition) is 0. The normalized spacial score (nSPS) is 43.6. The van der Waals surface area contributed by atoms with Gasteiger partial charge in [-0.25, -0.2) is 0 Å². The maximum absolute atomic E-state index is 6.24. The molecule has 0 bridgehead atoms. The Balaban J connectivity index is 1.89. The minimum atomic E-state index is -0.389. The Labute approximate surface area is 118 Å². The Kier molecular flexibility index (Phi) is 3.62. The van der Waals surface area contributed by atoms with Crippen molar-refractivity contribution < 1.29 is 9.47 Å². The van der Waals surface area contributed by atoms with E-state index in [0.717, 1.165) is 6.42 Å². The minimum Gasteiger partial charge on any atom is -0.344 e. The zero-order valence-electron chi connectivity index (χ0n) is 12.4. The van der Waals surface area contributed by atoms with Crippen LogP contribution in [0.15, 0.2) is 23.5 Å². The summed E-state index contributed by atoms with van der Waals surface area (Å²) in [7, 11) is -0.0994. The van der Waals surface area contributed by atoms with Crippen LogP contribution < -0.4 is 0 Å². The van der Waals surface area contributed by atoms with E-state index >= 15 is 0 Å². The lowest BCUT2D eigenvalue weighted by molar-refractivity contribution is -0.147. The van der Waals surface area contributed by atoms with Gasteiger partial charge in [-0.2, -0.15) is 0 Å². The second-order valence-corrected chi connectivity index (χ2v) is 8.93. The van der Waals surface area contributed by atoms with Crippen LogP contribution >= 0.6 is 7.92 Å². The second-order valence-electron chi connectivity index (χ2n) is 6.21. The molecule has 106 valence electrons. The van der Waals surface area contributed by atoms with E-state index in [0.29, 0.717) is 23.5 Å². The van der Waals surface area contributed by atoms with Crippen molar-refractivity contribution in [2.24, 2.45) is 0 Å². The van der Waals surface area contributed by atoms with Gasteiger partial charge in [-0.05, 0) is 38.4 Å². The predicted molar refractivity (Wildman–Crippen MR) is 80.7 cm³/mol. The van der Waals surface area contributed by atoms with Gasteiger partial charge in [0, 0.05) is 11.3 Å². The Hall–Kier alpha value is -0.170. The Morgan fingerprint density at radius 3 is 2.16 bits per heavy atom. The van der Waals surface area contributed by atoms with Crippen LogP contribution in [-0.4, -0.2) is 29.3 Å². The van der Waals surface area contributed by atoms with Crippen LogP contribution in [0.5, 0.6) is 0 Å². The molecule has 3 heteroatoms. The molecule has 0 amide bonds. The molecule has 1 aliphatic carbocycles. The SMILES string of the molecule is CC[C@H]1[C@H]2OC(C)(C)O[C@@H]2[C@H](CC)P1C1=CC=CC1. The molecule has 3 aliphatic rings. The van der Waals surface area contributed by atoms with Crippen LogP contribution in [0.2, 0.25) is 0 Å². The van der Waals surface area contributed by atoms with Gasteiger partial charge in [0.25, 0.3) is 0 Å². The quantitative estimate of drug-likeness (QED) is 0.713. The molecule has 0 aromatic rings. The lowest BCUT2D eigenvalue weighted by Gasteiger charge is -2.31. The highest BCUT2D eigenvalue weighted by Crippen LogP contribution is 2.67. The first-order chi connectivity index (χ1) is 9.07. The van der Waals surface area contributed by atoms with Gasteiger partial charge < -0.3 is 9.47 Å². The molecule has 2 saturated heterocycles. The summed E-state index contributed by atoms with van der Waals surface area (Å²) in [6.45, 7) is 8.74. The van der Waals surface area contributed by atoms with E-state index in [-0.39, 0.29) is 13.7 Å². The summed E-state index contributed by atoms with van der Waals surface area (Å²) in [4.78, 5) is 0. The van der Waals surface area contributed by atoms with Crippen molar-refractivity contribution in [3.05, 3.63) is 23.5 Å². The summed E-state index contributed by atoms with van der Waals surface area (Å²) >= 11 is 0. The summed E-state index contributed by atoms with van der Waals surface area (Å²) in [5.41, 5.74) is 1.36. The van der Waals surface area contributed by atoms with Crippen molar-refractivity contribution in [1.29, 1.82) is 0 Å². The van der Waals surface area contributed by atoms with Crippen LogP contribution in [0.1, 0.15) is 47.0 Å². The highest BCUT2D eigenvalue weighted by molar-refractivity contribution is 7.64. The van der Waals surface area contributed by atoms with E-state index in [9.17, 15) is 0 Å². The van der Waals surface area contributed by atoms with Crippen molar-refractivity contribution >= 4 is 7.92 Å². The number of ether oxygens (including phenoxy) is 2. The average Bonchev–Trinajstić information content (AvgIpc) is 3.01. The maximum Gasteiger partial charge on any atom is 0.163 e. The first kappa shape index (κ1) is 13.8. The van der Waals surface area contributed by atoms with E-state index < -0.39 is 0 Å². The van der Waals surface area contributed by atoms with Gasteiger partial charge >= 0.3 is 0 Å². The summed E-state index contributed by atoms with van der Waals surface area (Å²) in [5, 5.41) is 1.66. The van der Waals surface area contributed by atoms with E-state index in [2.05, 4.69) is 45.9 Å². The standard InChI is InChI=1S/C16H25O2P/c1-5-12-14-15(18-16(3,4)17-14)13(6-2)19(12)11-9-7-8-10-11/h7-9,12-15H,5-6,10H2,1-4H3/t12-,13-,14+,15+/m0/s1. The molecule has 0 spiro atoms. The minimum absolute atomic E-state index is 0.0994. The number of fused-ring (bicyclic) bond motifs is 1. The van der Waals surface area contributed by atoms with Crippen molar-refractivity contribution in [2.45, 2.75) is 76.3 Å². The Morgan fingerprint density at radius 1 is 1.16 bits per heavy atom. The smallest absolute Gasteiger partial charge is 0.163 e. The average molecular weight is 280 g/mol. The maximum atomic E-state index is 6.24. The van der Waals surface area contributed by atoms with Crippen molar-refractivity contribution in [1.82, 2.24) is 0 Å². The van der Waals surface area contributed by atoms with Gasteiger partial charge in [-0.3, -0.25) is 0 Å². The van der Waals surface area contributed by atoms with Gasteiger partial charge in [0.1, 0.15) is 0 Å². The molecular weight excluding hydrogens is 255 g/mol. The molecule has 0 unspecified atom stereocenters. The second kappa shape index (κ2) is 4.98. The highest BCUT2D eigenvalue weighted by Gasteiger charge is 2.57. The van der Waals surface area contributed by atoms with Gasteiger partial charge in [0.05, 0.1) is 12.2 Å². The summed E-state index contributed by atoms with van der Waals surface area (Å²) in [5.74, 6) is -0.389. The highest BCUT2D eigenvalue weighted by atomic mass is 31.1. The van der Waals surface area contributed by atoms with E-state index in [1.807, 2.05) is 0 Å². The summed E-state index contributed by atoms with van der Waals surface area (Å²) < 4.78 is 12.5.